The van der Waals surface area contributed by atoms with Crippen LogP contribution in [0.1, 0.15) is 10.5 Å². The van der Waals surface area contributed by atoms with E-state index in [1.54, 1.807) is 7.11 Å². The molecule has 18 heavy (non-hydrogen) atoms. The molecule has 1 aromatic carbocycles. The van der Waals surface area contributed by atoms with Gasteiger partial charge in [-0.3, -0.25) is 0 Å². The number of benzene rings is 1. The molecule has 7 heteroatoms. The molecule has 2 aromatic rings. The highest BCUT2D eigenvalue weighted by atomic mass is 127. The Labute approximate surface area is 117 Å². The Balaban J connectivity index is 2.46. The van der Waals surface area contributed by atoms with Crippen LogP contribution in [0, 0.1) is 3.57 Å². The number of rotatable bonds is 3. The van der Waals surface area contributed by atoms with Crippen LogP contribution in [0.4, 0.5) is 0 Å². The highest BCUT2D eigenvalue weighted by molar-refractivity contribution is 14.1. The average Bonchev–Trinajstić information content (AvgIpc) is 2.86. The molecule has 1 N–H and O–H groups in total. The number of nitrogens with zero attached hydrogens (tertiary/aromatic N) is 2. The molecule has 1 aromatic heterocycles. The number of carbonyl (C=O) groups excluding carboxylic acids is 1. The van der Waals surface area contributed by atoms with E-state index in [0.29, 0.717) is 5.69 Å². The second-order valence-electron chi connectivity index (χ2n) is 3.36. The second-order valence-corrected chi connectivity index (χ2v) is 4.52. The summed E-state index contributed by atoms with van der Waals surface area (Å²) in [6, 6.07) is 5.49. The monoisotopic (exact) mass is 359 g/mol. The zero-order valence-electron chi connectivity index (χ0n) is 9.73. The van der Waals surface area contributed by atoms with Crippen LogP contribution < -0.4 is 4.74 Å². The van der Waals surface area contributed by atoms with Crippen molar-refractivity contribution in [1.82, 2.24) is 15.4 Å². The molecule has 0 aliphatic carbocycles. The number of ether oxygens (including phenoxy) is 2. The molecule has 0 amide bonds. The molecule has 0 saturated heterocycles. The van der Waals surface area contributed by atoms with E-state index in [1.807, 2.05) is 18.2 Å². The zero-order valence-corrected chi connectivity index (χ0v) is 11.9. The van der Waals surface area contributed by atoms with E-state index in [1.165, 1.54) is 7.11 Å². The molecule has 94 valence electrons. The van der Waals surface area contributed by atoms with Crippen molar-refractivity contribution in [1.29, 1.82) is 0 Å². The Kier molecular flexibility index (Phi) is 3.80. The molecule has 0 aliphatic heterocycles. The lowest BCUT2D eigenvalue weighted by atomic mass is 10.1. The van der Waals surface area contributed by atoms with Gasteiger partial charge in [0.1, 0.15) is 11.4 Å². The maximum Gasteiger partial charge on any atom is 0.360 e. The van der Waals surface area contributed by atoms with E-state index in [2.05, 4.69) is 42.7 Å². The molecule has 1 heterocycles. The van der Waals surface area contributed by atoms with Crippen LogP contribution >= 0.6 is 22.6 Å². The molecule has 0 bridgehead atoms. The fourth-order valence-electron chi connectivity index (χ4n) is 1.48. The minimum Gasteiger partial charge on any atom is -0.496 e. The van der Waals surface area contributed by atoms with Crippen molar-refractivity contribution >= 4 is 28.6 Å². The van der Waals surface area contributed by atoms with Crippen molar-refractivity contribution in [3.05, 3.63) is 27.5 Å². The van der Waals surface area contributed by atoms with E-state index in [9.17, 15) is 4.79 Å². The Morgan fingerprint density at radius 3 is 2.72 bits per heavy atom. The number of halogens is 1. The summed E-state index contributed by atoms with van der Waals surface area (Å²) >= 11 is 2.15. The van der Waals surface area contributed by atoms with Gasteiger partial charge in [-0.1, -0.05) is 0 Å². The number of aromatic amines is 1. The number of methoxy groups -OCH3 is 2. The summed E-state index contributed by atoms with van der Waals surface area (Å²) in [7, 11) is 2.91. The summed E-state index contributed by atoms with van der Waals surface area (Å²) in [5.41, 5.74) is 1.40. The maximum atomic E-state index is 11.5. The third kappa shape index (κ3) is 2.30. The van der Waals surface area contributed by atoms with Crippen molar-refractivity contribution in [3.63, 3.8) is 0 Å². The molecule has 2 rings (SSSR count). The molecule has 0 fully saturated rings. The van der Waals surface area contributed by atoms with Gasteiger partial charge in [-0.15, -0.1) is 5.10 Å². The van der Waals surface area contributed by atoms with Gasteiger partial charge in [0.15, 0.2) is 5.69 Å². The van der Waals surface area contributed by atoms with Crippen LogP contribution in [0.15, 0.2) is 18.2 Å². The van der Waals surface area contributed by atoms with Gasteiger partial charge in [0.2, 0.25) is 0 Å². The Hall–Kier alpha value is -1.64. The lowest BCUT2D eigenvalue weighted by Gasteiger charge is -2.05. The lowest BCUT2D eigenvalue weighted by molar-refractivity contribution is 0.0595. The minimum absolute atomic E-state index is 0.165. The quantitative estimate of drug-likeness (QED) is 0.669. The van der Waals surface area contributed by atoms with E-state index in [-0.39, 0.29) is 5.69 Å². The molecular weight excluding hydrogens is 349 g/mol. The van der Waals surface area contributed by atoms with Gasteiger partial charge in [0.05, 0.1) is 17.8 Å². The molecule has 0 saturated carbocycles. The van der Waals surface area contributed by atoms with Gasteiger partial charge in [-0.25, -0.2) is 4.79 Å². The third-order valence-electron chi connectivity index (χ3n) is 2.35. The van der Waals surface area contributed by atoms with Crippen LogP contribution in [0.3, 0.4) is 0 Å². The molecule has 0 spiro atoms. The number of H-pyrrole nitrogens is 1. The maximum absolute atomic E-state index is 11.5. The standard InChI is InChI=1S/C11H10IN3O3/c1-17-8-4-3-6(5-7(8)12)9-10(11(16)18-2)14-15-13-9/h3-5H,1-2H3,(H,13,14,15). The van der Waals surface area contributed by atoms with Crippen molar-refractivity contribution in [2.24, 2.45) is 0 Å². The van der Waals surface area contributed by atoms with E-state index >= 15 is 0 Å². The van der Waals surface area contributed by atoms with Gasteiger partial charge in [-0.2, -0.15) is 10.3 Å². The first-order valence-electron chi connectivity index (χ1n) is 5.00. The number of nitrogens with one attached hydrogen (secondary N) is 1. The number of hydrogen-bond acceptors (Lipinski definition) is 5. The van der Waals surface area contributed by atoms with E-state index in [4.69, 9.17) is 4.74 Å². The predicted octanol–water partition coefficient (Wildman–Crippen LogP) is 1.87. The third-order valence-corrected chi connectivity index (χ3v) is 3.19. The summed E-state index contributed by atoms with van der Waals surface area (Å²) in [5, 5.41) is 10.2. The number of esters is 1. The molecule has 0 radical (unpaired) electrons. The van der Waals surface area contributed by atoms with Gasteiger partial charge in [0.25, 0.3) is 0 Å². The summed E-state index contributed by atoms with van der Waals surface area (Å²) < 4.78 is 10.7. The van der Waals surface area contributed by atoms with Gasteiger partial charge in [0, 0.05) is 5.56 Å². The fourth-order valence-corrected chi connectivity index (χ4v) is 2.22. The zero-order chi connectivity index (χ0) is 13.1. The summed E-state index contributed by atoms with van der Waals surface area (Å²) in [6.07, 6.45) is 0. The summed E-state index contributed by atoms with van der Waals surface area (Å²) in [5.74, 6) is 0.243. The van der Waals surface area contributed by atoms with Crippen LogP contribution in [-0.4, -0.2) is 35.6 Å². The van der Waals surface area contributed by atoms with Crippen LogP contribution in [0.2, 0.25) is 0 Å². The van der Waals surface area contributed by atoms with Gasteiger partial charge < -0.3 is 9.47 Å². The first-order chi connectivity index (χ1) is 8.67. The topological polar surface area (TPSA) is 77.1 Å². The molecule has 6 nitrogen and oxygen atoms in total. The Bertz CT molecular complexity index is 583. The number of hydrogen-bond donors (Lipinski definition) is 1. The van der Waals surface area contributed by atoms with Gasteiger partial charge >= 0.3 is 5.97 Å². The summed E-state index contributed by atoms with van der Waals surface area (Å²) in [6.45, 7) is 0. The molecule has 0 aliphatic rings. The van der Waals surface area contributed by atoms with Crippen LogP contribution in [0.5, 0.6) is 5.75 Å². The van der Waals surface area contributed by atoms with Crippen molar-refractivity contribution in [2.45, 2.75) is 0 Å². The predicted molar refractivity (Wildman–Crippen MR) is 72.4 cm³/mol. The first-order valence-corrected chi connectivity index (χ1v) is 6.08. The van der Waals surface area contributed by atoms with Crippen LogP contribution in [0.25, 0.3) is 11.3 Å². The van der Waals surface area contributed by atoms with E-state index < -0.39 is 5.97 Å². The molecule has 0 atom stereocenters. The molecular formula is C11H10IN3O3. The average molecular weight is 359 g/mol. The highest BCUT2D eigenvalue weighted by Crippen LogP contribution is 2.27. The van der Waals surface area contributed by atoms with Crippen molar-refractivity contribution in [2.75, 3.05) is 14.2 Å². The minimum atomic E-state index is -0.524. The largest absolute Gasteiger partial charge is 0.496 e. The lowest BCUT2D eigenvalue weighted by Crippen LogP contribution is -2.03. The Morgan fingerprint density at radius 1 is 1.33 bits per heavy atom. The fraction of sp³-hybridized carbons (Fsp3) is 0.182. The van der Waals surface area contributed by atoms with Crippen molar-refractivity contribution < 1.29 is 14.3 Å². The van der Waals surface area contributed by atoms with Crippen molar-refractivity contribution in [3.8, 4) is 17.0 Å². The first kappa shape index (κ1) is 12.8. The smallest absolute Gasteiger partial charge is 0.360 e. The number of carbonyl (C=O) groups is 1. The summed E-state index contributed by atoms with van der Waals surface area (Å²) in [4.78, 5) is 11.5. The Morgan fingerprint density at radius 2 is 2.11 bits per heavy atom. The van der Waals surface area contributed by atoms with Crippen LogP contribution in [-0.2, 0) is 4.74 Å². The number of aromatic nitrogens is 3. The second kappa shape index (κ2) is 5.34. The van der Waals surface area contributed by atoms with E-state index in [0.717, 1.165) is 14.9 Å². The molecule has 0 unspecified atom stereocenters. The van der Waals surface area contributed by atoms with Gasteiger partial charge in [-0.05, 0) is 40.8 Å². The highest BCUT2D eigenvalue weighted by Gasteiger charge is 2.18. The SMILES string of the molecule is COC(=O)c1n[nH]nc1-c1ccc(OC)c(I)c1. The normalized spacial score (nSPS) is 10.2.